The highest BCUT2D eigenvalue weighted by atomic mass is 32.2. The van der Waals surface area contributed by atoms with Gasteiger partial charge in [0.25, 0.3) is 0 Å². The smallest absolute Gasteiger partial charge is 0.178 e. The monoisotopic (exact) mass is 364 g/mol. The number of sulfone groups is 1. The molecule has 2 atom stereocenters. The summed E-state index contributed by atoms with van der Waals surface area (Å²) in [7, 11) is -3.36. The third kappa shape index (κ3) is 3.92. The van der Waals surface area contributed by atoms with Crippen LogP contribution in [0.25, 0.3) is 11.1 Å². The van der Waals surface area contributed by atoms with E-state index in [2.05, 4.69) is 6.92 Å². The largest absolute Gasteiger partial charge is 0.224 e. The average Bonchev–Trinajstić information content (AvgIpc) is 3.01. The van der Waals surface area contributed by atoms with Crippen molar-refractivity contribution in [1.82, 2.24) is 0 Å². The van der Waals surface area contributed by atoms with E-state index in [4.69, 9.17) is 0 Å². The maximum absolute atomic E-state index is 13.9. The van der Waals surface area contributed by atoms with Crippen molar-refractivity contribution in [3.8, 4) is 11.1 Å². The third-order valence-electron chi connectivity index (χ3n) is 5.23. The van der Waals surface area contributed by atoms with Crippen LogP contribution in [-0.2, 0) is 9.84 Å². The first kappa shape index (κ1) is 18.1. The summed E-state index contributed by atoms with van der Waals surface area (Å²) < 4.78 is 52.3. The van der Waals surface area contributed by atoms with Gasteiger partial charge in [-0.1, -0.05) is 38.3 Å². The van der Waals surface area contributed by atoms with E-state index in [1.165, 1.54) is 24.3 Å². The molecule has 134 valence electrons. The molecule has 5 heteroatoms. The van der Waals surface area contributed by atoms with Crippen molar-refractivity contribution in [2.75, 3.05) is 5.75 Å². The maximum Gasteiger partial charge on any atom is 0.178 e. The highest BCUT2D eigenvalue weighted by molar-refractivity contribution is 7.91. The van der Waals surface area contributed by atoms with E-state index >= 15 is 0 Å². The van der Waals surface area contributed by atoms with Gasteiger partial charge in [0.05, 0.1) is 10.6 Å². The molecule has 25 heavy (non-hydrogen) atoms. The molecule has 1 aliphatic rings. The summed E-state index contributed by atoms with van der Waals surface area (Å²) in [6.07, 6.45) is 4.19. The number of benzene rings is 2. The first-order valence-electron chi connectivity index (χ1n) is 8.69. The Morgan fingerprint density at radius 3 is 2.32 bits per heavy atom. The Morgan fingerprint density at radius 2 is 1.68 bits per heavy atom. The molecule has 2 aromatic carbocycles. The van der Waals surface area contributed by atoms with Gasteiger partial charge in [0, 0.05) is 11.6 Å². The van der Waals surface area contributed by atoms with Gasteiger partial charge in [0.15, 0.2) is 9.84 Å². The molecule has 0 saturated heterocycles. The summed E-state index contributed by atoms with van der Waals surface area (Å²) in [5.74, 6) is -0.406. The Kier molecular flexibility index (Phi) is 5.23. The average molecular weight is 364 g/mol. The van der Waals surface area contributed by atoms with Crippen LogP contribution in [0.5, 0.6) is 0 Å². The number of hydrogen-bond donors (Lipinski definition) is 0. The molecule has 0 radical (unpaired) electrons. The summed E-state index contributed by atoms with van der Waals surface area (Å²) in [5.41, 5.74) is 0.788. The third-order valence-corrected chi connectivity index (χ3v) is 7.09. The zero-order valence-electron chi connectivity index (χ0n) is 14.2. The number of halogens is 2. The summed E-state index contributed by atoms with van der Waals surface area (Å²) >= 11 is 0. The minimum Gasteiger partial charge on any atom is -0.224 e. The quantitative estimate of drug-likeness (QED) is 0.728. The first-order chi connectivity index (χ1) is 11.9. The Hall–Kier alpha value is -1.75. The molecule has 1 unspecified atom stereocenters. The van der Waals surface area contributed by atoms with Gasteiger partial charge in [-0.2, -0.15) is 0 Å². The fourth-order valence-corrected chi connectivity index (χ4v) is 5.56. The van der Waals surface area contributed by atoms with Crippen molar-refractivity contribution >= 4 is 9.84 Å². The minimum atomic E-state index is -3.36. The van der Waals surface area contributed by atoms with Crippen LogP contribution in [0.3, 0.4) is 0 Å². The van der Waals surface area contributed by atoms with E-state index in [9.17, 15) is 17.2 Å². The van der Waals surface area contributed by atoms with E-state index in [-0.39, 0.29) is 22.1 Å². The molecule has 0 aromatic heterocycles. The second-order valence-corrected chi connectivity index (χ2v) is 8.82. The highest BCUT2D eigenvalue weighted by Gasteiger charge is 2.30. The van der Waals surface area contributed by atoms with Gasteiger partial charge in [0.2, 0.25) is 0 Å². The molecular weight excluding hydrogens is 342 g/mol. The summed E-state index contributed by atoms with van der Waals surface area (Å²) in [6, 6.07) is 9.56. The zero-order valence-corrected chi connectivity index (χ0v) is 15.0. The van der Waals surface area contributed by atoms with Crippen molar-refractivity contribution in [3.63, 3.8) is 0 Å². The predicted octanol–water partition coefficient (Wildman–Crippen LogP) is 5.23. The second kappa shape index (κ2) is 7.24. The topological polar surface area (TPSA) is 34.1 Å². The molecule has 1 saturated carbocycles. The normalized spacial score (nSPS) is 20.8. The van der Waals surface area contributed by atoms with E-state index in [0.717, 1.165) is 31.7 Å². The molecular formula is C20H22F2O2S. The number of rotatable bonds is 5. The molecule has 0 aliphatic heterocycles. The van der Waals surface area contributed by atoms with Crippen LogP contribution >= 0.6 is 0 Å². The van der Waals surface area contributed by atoms with Crippen LogP contribution < -0.4 is 0 Å². The molecule has 0 N–H and O–H groups in total. The molecule has 0 heterocycles. The van der Waals surface area contributed by atoms with Gasteiger partial charge in [-0.3, -0.25) is 0 Å². The molecule has 0 spiro atoms. The van der Waals surface area contributed by atoms with Crippen molar-refractivity contribution < 1.29 is 17.2 Å². The second-order valence-electron chi connectivity index (χ2n) is 6.79. The molecule has 0 bridgehead atoms. The molecule has 0 amide bonds. The minimum absolute atomic E-state index is 0.176. The Balaban J connectivity index is 1.81. The van der Waals surface area contributed by atoms with Crippen molar-refractivity contribution in [1.29, 1.82) is 0 Å². The molecule has 3 rings (SSSR count). The summed E-state index contributed by atoms with van der Waals surface area (Å²) in [4.78, 5) is 0.264. The Bertz CT molecular complexity index is 844. The lowest BCUT2D eigenvalue weighted by Crippen LogP contribution is -2.19. The summed E-state index contributed by atoms with van der Waals surface area (Å²) in [5, 5.41) is 0. The van der Waals surface area contributed by atoms with E-state index in [0.29, 0.717) is 11.5 Å². The van der Waals surface area contributed by atoms with Crippen LogP contribution in [0.2, 0.25) is 0 Å². The summed E-state index contributed by atoms with van der Waals surface area (Å²) in [6.45, 7) is 2.11. The molecule has 1 aliphatic carbocycles. The lowest BCUT2D eigenvalue weighted by Gasteiger charge is -2.18. The van der Waals surface area contributed by atoms with E-state index in [1.807, 2.05) is 0 Å². The SMILES string of the molecule is CCC1CCC[C@H]1CS(=O)(=O)c1ccc(-c2ccc(F)cc2F)cc1. The molecule has 2 nitrogen and oxygen atoms in total. The number of hydrogen-bond acceptors (Lipinski definition) is 2. The Morgan fingerprint density at radius 1 is 1.00 bits per heavy atom. The standard InChI is InChI=1S/C20H22F2O2S/c1-2-14-4-3-5-16(14)13-25(23,24)18-9-6-15(7-10-18)19-11-8-17(21)12-20(19)22/h6-12,14,16H,2-5,13H2,1H3/t14?,16-/m0/s1. The highest BCUT2D eigenvalue weighted by Crippen LogP contribution is 2.36. The predicted molar refractivity (Wildman–Crippen MR) is 95.0 cm³/mol. The van der Waals surface area contributed by atoms with Crippen LogP contribution in [-0.4, -0.2) is 14.2 Å². The van der Waals surface area contributed by atoms with Gasteiger partial charge in [-0.25, -0.2) is 17.2 Å². The lowest BCUT2D eigenvalue weighted by molar-refractivity contribution is 0.406. The molecule has 2 aromatic rings. The van der Waals surface area contributed by atoms with Crippen LogP contribution in [0.1, 0.15) is 32.6 Å². The van der Waals surface area contributed by atoms with Gasteiger partial charge < -0.3 is 0 Å². The van der Waals surface area contributed by atoms with Crippen LogP contribution in [0, 0.1) is 23.5 Å². The van der Waals surface area contributed by atoms with Crippen molar-refractivity contribution in [3.05, 3.63) is 54.1 Å². The van der Waals surface area contributed by atoms with Gasteiger partial charge in [0.1, 0.15) is 11.6 Å². The van der Waals surface area contributed by atoms with Crippen LogP contribution in [0.4, 0.5) is 8.78 Å². The maximum atomic E-state index is 13.9. The first-order valence-corrected chi connectivity index (χ1v) is 10.3. The molecule has 1 fully saturated rings. The van der Waals surface area contributed by atoms with Crippen LogP contribution in [0.15, 0.2) is 47.4 Å². The van der Waals surface area contributed by atoms with Gasteiger partial charge in [-0.05, 0) is 48.1 Å². The zero-order chi connectivity index (χ0) is 18.0. The van der Waals surface area contributed by atoms with E-state index < -0.39 is 21.5 Å². The van der Waals surface area contributed by atoms with Crippen molar-refractivity contribution in [2.45, 2.75) is 37.5 Å². The van der Waals surface area contributed by atoms with Gasteiger partial charge in [-0.15, -0.1) is 0 Å². The van der Waals surface area contributed by atoms with Crippen molar-refractivity contribution in [2.24, 2.45) is 11.8 Å². The Labute approximate surface area is 147 Å². The fourth-order valence-electron chi connectivity index (χ4n) is 3.81. The fraction of sp³-hybridized carbons (Fsp3) is 0.400. The van der Waals surface area contributed by atoms with E-state index in [1.54, 1.807) is 12.1 Å². The van der Waals surface area contributed by atoms with Gasteiger partial charge >= 0.3 is 0 Å². The lowest BCUT2D eigenvalue weighted by atomic mass is 9.96.